The van der Waals surface area contributed by atoms with Gasteiger partial charge in [0.2, 0.25) is 0 Å². The van der Waals surface area contributed by atoms with Crippen LogP contribution in [0.2, 0.25) is 0 Å². The number of hydrogen-bond donors (Lipinski definition) is 1. The summed E-state index contributed by atoms with van der Waals surface area (Å²) in [7, 11) is 0. The maximum atomic E-state index is 13.0. The van der Waals surface area contributed by atoms with Gasteiger partial charge in [0, 0.05) is 16.3 Å². The molecular formula is C22H15FN2O3. The van der Waals surface area contributed by atoms with Gasteiger partial charge in [0.15, 0.2) is 0 Å². The van der Waals surface area contributed by atoms with Crippen molar-refractivity contribution in [3.8, 4) is 22.8 Å². The zero-order valence-electron chi connectivity index (χ0n) is 14.7. The fourth-order valence-electron chi connectivity index (χ4n) is 2.94. The van der Waals surface area contributed by atoms with E-state index in [1.165, 1.54) is 12.1 Å². The summed E-state index contributed by atoms with van der Waals surface area (Å²) in [6, 6.07) is 18.6. The number of benzene rings is 3. The van der Waals surface area contributed by atoms with Gasteiger partial charge < -0.3 is 9.84 Å². The van der Waals surface area contributed by atoms with Crippen LogP contribution in [0.25, 0.3) is 22.0 Å². The Balaban J connectivity index is 1.65. The molecule has 4 aromatic rings. The highest BCUT2D eigenvalue weighted by molar-refractivity contribution is 5.94. The van der Waals surface area contributed by atoms with Crippen molar-refractivity contribution in [2.24, 2.45) is 0 Å². The van der Waals surface area contributed by atoms with Crippen LogP contribution in [0, 0.1) is 5.82 Å². The van der Waals surface area contributed by atoms with Crippen LogP contribution in [0.1, 0.15) is 5.56 Å². The van der Waals surface area contributed by atoms with Crippen LogP contribution in [0.4, 0.5) is 4.39 Å². The molecular weight excluding hydrogens is 359 g/mol. The van der Waals surface area contributed by atoms with E-state index >= 15 is 0 Å². The first-order valence-electron chi connectivity index (χ1n) is 8.58. The maximum absolute atomic E-state index is 13.0. The number of ether oxygens (including phenoxy) is 1. The molecule has 0 aliphatic carbocycles. The molecule has 0 fully saturated rings. The first-order valence-corrected chi connectivity index (χ1v) is 8.58. The van der Waals surface area contributed by atoms with Gasteiger partial charge in [-0.1, -0.05) is 24.3 Å². The minimum atomic E-state index is -0.869. The van der Waals surface area contributed by atoms with Crippen molar-refractivity contribution < 1.29 is 19.0 Å². The van der Waals surface area contributed by atoms with Crippen molar-refractivity contribution in [1.82, 2.24) is 10.2 Å². The number of carboxylic acids is 1. The predicted molar refractivity (Wildman–Crippen MR) is 103 cm³/mol. The molecule has 0 saturated carbocycles. The van der Waals surface area contributed by atoms with Gasteiger partial charge in [-0.15, -0.1) is 5.10 Å². The second-order valence-electron chi connectivity index (χ2n) is 6.27. The van der Waals surface area contributed by atoms with Crippen LogP contribution in [0.3, 0.4) is 0 Å². The Morgan fingerprint density at radius 3 is 2.39 bits per heavy atom. The summed E-state index contributed by atoms with van der Waals surface area (Å²) < 4.78 is 18.8. The number of hydrogen-bond acceptors (Lipinski definition) is 4. The Labute approximate surface area is 160 Å². The van der Waals surface area contributed by atoms with Crippen molar-refractivity contribution in [2.45, 2.75) is 6.42 Å². The van der Waals surface area contributed by atoms with E-state index in [9.17, 15) is 9.18 Å². The average molecular weight is 374 g/mol. The highest BCUT2D eigenvalue weighted by Crippen LogP contribution is 2.30. The molecule has 0 unspecified atom stereocenters. The van der Waals surface area contributed by atoms with Crippen molar-refractivity contribution in [3.63, 3.8) is 0 Å². The number of nitrogens with zero attached hydrogens (tertiary/aromatic N) is 2. The third kappa shape index (κ3) is 3.81. The van der Waals surface area contributed by atoms with Crippen LogP contribution < -0.4 is 4.74 Å². The summed E-state index contributed by atoms with van der Waals surface area (Å²) >= 11 is 0. The van der Waals surface area contributed by atoms with Crippen LogP contribution in [0.15, 0.2) is 72.9 Å². The average Bonchev–Trinajstić information content (AvgIpc) is 2.69. The molecule has 4 rings (SSSR count). The minimum absolute atomic E-state index is 0.0222. The smallest absolute Gasteiger partial charge is 0.307 e. The zero-order valence-corrected chi connectivity index (χ0v) is 14.7. The summed E-state index contributed by atoms with van der Waals surface area (Å²) in [5, 5.41) is 18.9. The number of rotatable bonds is 5. The molecule has 5 nitrogen and oxygen atoms in total. The van der Waals surface area contributed by atoms with Crippen LogP contribution in [0.5, 0.6) is 11.5 Å². The van der Waals surface area contributed by atoms with Gasteiger partial charge in [-0.3, -0.25) is 4.79 Å². The molecule has 138 valence electrons. The number of halogens is 1. The van der Waals surface area contributed by atoms with E-state index in [2.05, 4.69) is 10.2 Å². The maximum Gasteiger partial charge on any atom is 0.307 e. The molecule has 0 saturated heterocycles. The molecule has 6 heteroatoms. The number of carboxylic acid groups (broad SMARTS) is 1. The van der Waals surface area contributed by atoms with Crippen LogP contribution in [-0.2, 0) is 11.2 Å². The topological polar surface area (TPSA) is 72.3 Å². The molecule has 3 aromatic carbocycles. The third-order valence-electron chi connectivity index (χ3n) is 4.26. The Morgan fingerprint density at radius 1 is 0.964 bits per heavy atom. The summed E-state index contributed by atoms with van der Waals surface area (Å²) in [5.41, 5.74) is 2.27. The first kappa shape index (κ1) is 17.6. The second-order valence-corrected chi connectivity index (χ2v) is 6.27. The number of carbonyl (C=O) groups is 1. The lowest BCUT2D eigenvalue weighted by Gasteiger charge is -2.09. The predicted octanol–water partition coefficient (Wildman–Crippen LogP) is 4.86. The summed E-state index contributed by atoms with van der Waals surface area (Å²) in [5.74, 6) is -0.0431. The van der Waals surface area contributed by atoms with Crippen molar-refractivity contribution >= 4 is 16.7 Å². The zero-order chi connectivity index (χ0) is 19.5. The quantitative estimate of drug-likeness (QED) is 0.540. The van der Waals surface area contributed by atoms with Gasteiger partial charge in [-0.2, -0.15) is 5.10 Å². The molecule has 1 N–H and O–H groups in total. The molecule has 0 aliphatic rings. The monoisotopic (exact) mass is 374 g/mol. The van der Waals surface area contributed by atoms with Crippen molar-refractivity contribution in [1.29, 1.82) is 0 Å². The van der Waals surface area contributed by atoms with Gasteiger partial charge in [0.1, 0.15) is 23.0 Å². The lowest BCUT2D eigenvalue weighted by Crippen LogP contribution is -1.99. The van der Waals surface area contributed by atoms with E-state index in [1.807, 2.05) is 30.3 Å². The van der Waals surface area contributed by atoms with E-state index in [0.717, 1.165) is 21.9 Å². The van der Waals surface area contributed by atoms with Gasteiger partial charge in [-0.25, -0.2) is 4.39 Å². The largest absolute Gasteiger partial charge is 0.481 e. The Hall–Kier alpha value is -3.80. The van der Waals surface area contributed by atoms with Gasteiger partial charge >= 0.3 is 5.97 Å². The summed E-state index contributed by atoms with van der Waals surface area (Å²) in [6.07, 6.45) is 1.63. The van der Waals surface area contributed by atoms with E-state index in [1.54, 1.807) is 30.5 Å². The molecule has 0 aliphatic heterocycles. The lowest BCUT2D eigenvalue weighted by molar-refractivity contribution is -0.136. The standard InChI is InChI=1S/C22H15FN2O3/c23-17-5-7-18(8-6-17)28-19-9-10-20-16(12-19)13-24-25-22(20)15-3-1-14(2-4-15)11-21(26)27/h1-10,12-13H,11H2,(H,26,27). The van der Waals surface area contributed by atoms with Crippen molar-refractivity contribution in [2.75, 3.05) is 0 Å². The Kier molecular flexibility index (Phi) is 4.68. The molecule has 0 bridgehead atoms. The van der Waals surface area contributed by atoms with Gasteiger partial charge in [-0.05, 0) is 48.0 Å². The highest BCUT2D eigenvalue weighted by atomic mass is 19.1. The fraction of sp³-hybridized carbons (Fsp3) is 0.0455. The van der Waals surface area contributed by atoms with Crippen LogP contribution in [-0.4, -0.2) is 21.3 Å². The normalized spacial score (nSPS) is 10.8. The van der Waals surface area contributed by atoms with Crippen molar-refractivity contribution in [3.05, 3.63) is 84.3 Å². The summed E-state index contributed by atoms with van der Waals surface area (Å²) in [4.78, 5) is 10.8. The summed E-state index contributed by atoms with van der Waals surface area (Å²) in [6.45, 7) is 0. The fourth-order valence-corrected chi connectivity index (χ4v) is 2.94. The Morgan fingerprint density at radius 2 is 1.68 bits per heavy atom. The van der Waals surface area contributed by atoms with Gasteiger partial charge in [0.05, 0.1) is 12.6 Å². The number of fused-ring (bicyclic) bond motifs is 1. The molecule has 1 aromatic heterocycles. The highest BCUT2D eigenvalue weighted by Gasteiger charge is 2.09. The Bertz CT molecular complexity index is 1140. The minimum Gasteiger partial charge on any atom is -0.481 e. The molecule has 0 atom stereocenters. The van der Waals surface area contributed by atoms with E-state index < -0.39 is 5.97 Å². The molecule has 28 heavy (non-hydrogen) atoms. The number of aliphatic carboxylic acids is 1. The molecule has 0 spiro atoms. The second kappa shape index (κ2) is 7.44. The number of aromatic nitrogens is 2. The van der Waals surface area contributed by atoms with Gasteiger partial charge in [0.25, 0.3) is 0 Å². The molecule has 0 amide bonds. The molecule has 0 radical (unpaired) electrons. The van der Waals surface area contributed by atoms with E-state index in [-0.39, 0.29) is 12.2 Å². The van der Waals surface area contributed by atoms with E-state index in [4.69, 9.17) is 9.84 Å². The van der Waals surface area contributed by atoms with Crippen LogP contribution >= 0.6 is 0 Å². The lowest BCUT2D eigenvalue weighted by atomic mass is 10.0. The molecule has 1 heterocycles. The third-order valence-corrected chi connectivity index (χ3v) is 4.26. The van der Waals surface area contributed by atoms with E-state index in [0.29, 0.717) is 17.2 Å². The SMILES string of the molecule is O=C(O)Cc1ccc(-c2nncc3cc(Oc4ccc(F)cc4)ccc23)cc1. The first-order chi connectivity index (χ1) is 13.6.